The minimum Gasteiger partial charge on any atom is -0.383 e. The van der Waals surface area contributed by atoms with Crippen LogP contribution in [0.1, 0.15) is 24.3 Å². The largest absolute Gasteiger partial charge is 0.383 e. The number of anilines is 1. The Labute approximate surface area is 107 Å². The number of nitrogens with zero attached hydrogens (tertiary/aromatic N) is 2. The molecule has 2 N–H and O–H groups in total. The van der Waals surface area contributed by atoms with Gasteiger partial charge in [0.2, 0.25) is 0 Å². The number of carbonyl (C=O) groups excluding carboxylic acids is 1. The van der Waals surface area contributed by atoms with Crippen molar-refractivity contribution in [1.82, 2.24) is 15.3 Å². The van der Waals surface area contributed by atoms with Gasteiger partial charge >= 0.3 is 0 Å². The highest BCUT2D eigenvalue weighted by Crippen LogP contribution is 2.05. The number of methoxy groups -OCH3 is 1. The van der Waals surface area contributed by atoms with Crippen molar-refractivity contribution in [2.24, 2.45) is 5.92 Å². The topological polar surface area (TPSA) is 76.1 Å². The van der Waals surface area contributed by atoms with Gasteiger partial charge in [-0.15, -0.1) is 0 Å². The van der Waals surface area contributed by atoms with Gasteiger partial charge in [-0.25, -0.2) is 4.98 Å². The lowest BCUT2D eigenvalue weighted by Crippen LogP contribution is -2.42. The lowest BCUT2D eigenvalue weighted by molar-refractivity contribution is 0.0861. The summed E-state index contributed by atoms with van der Waals surface area (Å²) in [7, 11) is 3.34. The molecule has 0 radical (unpaired) electrons. The van der Waals surface area contributed by atoms with Crippen molar-refractivity contribution in [2.45, 2.75) is 19.9 Å². The second-order valence-corrected chi connectivity index (χ2v) is 4.32. The maximum atomic E-state index is 12.0. The van der Waals surface area contributed by atoms with Gasteiger partial charge < -0.3 is 15.4 Å². The number of aromatic nitrogens is 2. The van der Waals surface area contributed by atoms with Gasteiger partial charge in [0.1, 0.15) is 11.5 Å². The molecule has 0 saturated carbocycles. The van der Waals surface area contributed by atoms with Gasteiger partial charge in [0.25, 0.3) is 5.91 Å². The first-order valence-corrected chi connectivity index (χ1v) is 5.88. The molecule has 0 spiro atoms. The van der Waals surface area contributed by atoms with E-state index in [1.165, 1.54) is 6.20 Å². The van der Waals surface area contributed by atoms with Crippen LogP contribution >= 0.6 is 0 Å². The van der Waals surface area contributed by atoms with Crippen molar-refractivity contribution in [3.8, 4) is 0 Å². The summed E-state index contributed by atoms with van der Waals surface area (Å²) in [5, 5.41) is 5.74. The molecule has 1 aromatic rings. The molecule has 1 amide bonds. The third-order valence-corrected chi connectivity index (χ3v) is 2.59. The minimum atomic E-state index is -0.240. The number of hydrogen-bond donors (Lipinski definition) is 2. The number of hydrogen-bond acceptors (Lipinski definition) is 5. The van der Waals surface area contributed by atoms with Crippen LogP contribution in [0, 0.1) is 5.92 Å². The van der Waals surface area contributed by atoms with E-state index in [2.05, 4.69) is 20.6 Å². The number of nitrogens with one attached hydrogen (secondary N) is 2. The first kappa shape index (κ1) is 14.4. The Morgan fingerprint density at radius 3 is 2.72 bits per heavy atom. The highest BCUT2D eigenvalue weighted by Gasteiger charge is 2.18. The predicted octanol–water partition coefficient (Wildman–Crippen LogP) is 0.919. The lowest BCUT2D eigenvalue weighted by atomic mass is 10.1. The van der Waals surface area contributed by atoms with Gasteiger partial charge in [0, 0.05) is 14.2 Å². The van der Waals surface area contributed by atoms with Crippen LogP contribution in [0.15, 0.2) is 12.4 Å². The van der Waals surface area contributed by atoms with Gasteiger partial charge in [-0.1, -0.05) is 13.8 Å². The van der Waals surface area contributed by atoms with E-state index in [9.17, 15) is 4.79 Å². The SMILES string of the molecule is CNc1cncc(C(=O)NC(COC)C(C)C)n1. The average Bonchev–Trinajstić information content (AvgIpc) is 2.38. The van der Waals surface area contributed by atoms with E-state index in [4.69, 9.17) is 4.74 Å². The summed E-state index contributed by atoms with van der Waals surface area (Å²) < 4.78 is 5.08. The smallest absolute Gasteiger partial charge is 0.271 e. The normalized spacial score (nSPS) is 12.3. The maximum Gasteiger partial charge on any atom is 0.271 e. The third-order valence-electron chi connectivity index (χ3n) is 2.59. The van der Waals surface area contributed by atoms with Crippen molar-refractivity contribution in [2.75, 3.05) is 26.1 Å². The van der Waals surface area contributed by atoms with Crippen LogP contribution in [0.4, 0.5) is 5.82 Å². The summed E-state index contributed by atoms with van der Waals surface area (Å²) in [4.78, 5) is 20.1. The Balaban J connectivity index is 2.73. The first-order chi connectivity index (χ1) is 8.58. The van der Waals surface area contributed by atoms with Crippen LogP contribution in [0.5, 0.6) is 0 Å². The quantitative estimate of drug-likeness (QED) is 0.787. The molecule has 6 nitrogen and oxygen atoms in total. The van der Waals surface area contributed by atoms with Crippen LogP contribution in [0.3, 0.4) is 0 Å². The zero-order valence-electron chi connectivity index (χ0n) is 11.2. The van der Waals surface area contributed by atoms with Gasteiger partial charge in [-0.3, -0.25) is 9.78 Å². The number of carbonyl (C=O) groups is 1. The maximum absolute atomic E-state index is 12.0. The molecule has 0 bridgehead atoms. The molecule has 1 rings (SSSR count). The summed E-state index contributed by atoms with van der Waals surface area (Å²) in [5.41, 5.74) is 0.295. The Kier molecular flexibility index (Phi) is 5.51. The number of amides is 1. The Bertz CT molecular complexity index is 395. The molecule has 0 aliphatic carbocycles. The monoisotopic (exact) mass is 252 g/mol. The van der Waals surface area contributed by atoms with E-state index in [1.54, 1.807) is 20.4 Å². The molecule has 100 valence electrons. The van der Waals surface area contributed by atoms with E-state index in [0.717, 1.165) is 0 Å². The summed E-state index contributed by atoms with van der Waals surface area (Å²) in [6.07, 6.45) is 3.01. The van der Waals surface area contributed by atoms with Gasteiger partial charge in [0.05, 0.1) is 25.0 Å². The fraction of sp³-hybridized carbons (Fsp3) is 0.583. The Hall–Kier alpha value is -1.69. The van der Waals surface area contributed by atoms with E-state index >= 15 is 0 Å². The predicted molar refractivity (Wildman–Crippen MR) is 69.5 cm³/mol. The van der Waals surface area contributed by atoms with Crippen molar-refractivity contribution in [3.63, 3.8) is 0 Å². The van der Waals surface area contributed by atoms with Crippen LogP contribution in [0.2, 0.25) is 0 Å². The molecular formula is C12H20N4O2. The summed E-state index contributed by atoms with van der Waals surface area (Å²) in [6.45, 7) is 4.53. The molecular weight excluding hydrogens is 232 g/mol. The fourth-order valence-corrected chi connectivity index (χ4v) is 1.42. The minimum absolute atomic E-state index is 0.0393. The second kappa shape index (κ2) is 6.90. The molecule has 0 aliphatic rings. The molecule has 0 fully saturated rings. The highest BCUT2D eigenvalue weighted by molar-refractivity contribution is 5.92. The molecule has 0 aromatic carbocycles. The van der Waals surface area contributed by atoms with E-state index < -0.39 is 0 Å². The van der Waals surface area contributed by atoms with Crippen molar-refractivity contribution in [1.29, 1.82) is 0 Å². The Morgan fingerprint density at radius 1 is 1.44 bits per heavy atom. The van der Waals surface area contributed by atoms with E-state index in [1.807, 2.05) is 13.8 Å². The van der Waals surface area contributed by atoms with Crippen LogP contribution < -0.4 is 10.6 Å². The summed E-state index contributed by atoms with van der Waals surface area (Å²) in [6, 6.07) is -0.0393. The molecule has 18 heavy (non-hydrogen) atoms. The summed E-state index contributed by atoms with van der Waals surface area (Å²) >= 11 is 0. The van der Waals surface area contributed by atoms with E-state index in [0.29, 0.717) is 18.1 Å². The number of ether oxygens (including phenoxy) is 1. The molecule has 1 unspecified atom stereocenters. The Morgan fingerprint density at radius 2 is 2.17 bits per heavy atom. The van der Waals surface area contributed by atoms with Gasteiger partial charge in [0.15, 0.2) is 0 Å². The lowest BCUT2D eigenvalue weighted by Gasteiger charge is -2.21. The molecule has 0 aliphatic heterocycles. The van der Waals surface area contributed by atoms with Crippen molar-refractivity contribution >= 4 is 11.7 Å². The second-order valence-electron chi connectivity index (χ2n) is 4.32. The van der Waals surface area contributed by atoms with E-state index in [-0.39, 0.29) is 17.9 Å². The van der Waals surface area contributed by atoms with Crippen LogP contribution in [-0.2, 0) is 4.74 Å². The highest BCUT2D eigenvalue weighted by atomic mass is 16.5. The van der Waals surface area contributed by atoms with Crippen LogP contribution in [-0.4, -0.2) is 42.7 Å². The fourth-order valence-electron chi connectivity index (χ4n) is 1.42. The average molecular weight is 252 g/mol. The first-order valence-electron chi connectivity index (χ1n) is 5.88. The molecule has 1 atom stereocenters. The number of rotatable bonds is 6. The zero-order chi connectivity index (χ0) is 13.5. The third kappa shape index (κ3) is 3.96. The van der Waals surface area contributed by atoms with Crippen molar-refractivity contribution in [3.05, 3.63) is 18.1 Å². The molecule has 1 heterocycles. The van der Waals surface area contributed by atoms with Gasteiger partial charge in [-0.05, 0) is 5.92 Å². The zero-order valence-corrected chi connectivity index (χ0v) is 11.2. The van der Waals surface area contributed by atoms with Gasteiger partial charge in [-0.2, -0.15) is 0 Å². The molecule has 1 aromatic heterocycles. The summed E-state index contributed by atoms with van der Waals surface area (Å²) in [5.74, 6) is 0.611. The molecule has 0 saturated heterocycles. The standard InChI is InChI=1S/C12H20N4O2/c1-8(2)10(7-18-4)16-12(17)9-5-14-6-11(13-3)15-9/h5-6,8,10H,7H2,1-4H3,(H,13,15)(H,16,17). The van der Waals surface area contributed by atoms with Crippen molar-refractivity contribution < 1.29 is 9.53 Å². The molecule has 6 heteroatoms. The van der Waals surface area contributed by atoms with Crippen LogP contribution in [0.25, 0.3) is 0 Å².